The van der Waals surface area contributed by atoms with Gasteiger partial charge in [0.25, 0.3) is 5.91 Å². The van der Waals surface area contributed by atoms with E-state index in [1.54, 1.807) is 12.1 Å². The van der Waals surface area contributed by atoms with Gasteiger partial charge in [0.1, 0.15) is 5.82 Å². The Labute approximate surface area is 120 Å². The SMILES string of the molecule is Nc1ccc(C(=O)OCC(=O)Nc2cccc(F)c2)cc1. The molecule has 0 radical (unpaired) electrons. The van der Waals surface area contributed by atoms with Crippen LogP contribution < -0.4 is 11.1 Å². The van der Waals surface area contributed by atoms with Crippen molar-refractivity contribution in [1.29, 1.82) is 0 Å². The second kappa shape index (κ2) is 6.51. The fourth-order valence-corrected chi connectivity index (χ4v) is 1.60. The lowest BCUT2D eigenvalue weighted by molar-refractivity contribution is -0.119. The zero-order valence-electron chi connectivity index (χ0n) is 11.0. The summed E-state index contributed by atoms with van der Waals surface area (Å²) in [5, 5.41) is 2.42. The highest BCUT2D eigenvalue weighted by molar-refractivity contribution is 5.95. The summed E-state index contributed by atoms with van der Waals surface area (Å²) < 4.78 is 17.8. The first kappa shape index (κ1) is 14.5. The molecule has 0 unspecified atom stereocenters. The second-order valence-electron chi connectivity index (χ2n) is 4.26. The van der Waals surface area contributed by atoms with Crippen molar-refractivity contribution in [3.05, 3.63) is 59.9 Å². The van der Waals surface area contributed by atoms with Gasteiger partial charge in [0.05, 0.1) is 5.56 Å². The fraction of sp³-hybridized carbons (Fsp3) is 0.0667. The summed E-state index contributed by atoms with van der Waals surface area (Å²) in [7, 11) is 0. The molecule has 0 heterocycles. The lowest BCUT2D eigenvalue weighted by Gasteiger charge is -2.07. The Kier molecular flexibility index (Phi) is 4.50. The Morgan fingerprint density at radius 1 is 1.14 bits per heavy atom. The molecule has 0 aliphatic rings. The van der Waals surface area contributed by atoms with Gasteiger partial charge in [0.15, 0.2) is 6.61 Å². The van der Waals surface area contributed by atoms with Crippen LogP contribution in [0.15, 0.2) is 48.5 Å². The summed E-state index contributed by atoms with van der Waals surface area (Å²) in [5.74, 6) is -1.65. The smallest absolute Gasteiger partial charge is 0.338 e. The Morgan fingerprint density at radius 2 is 1.86 bits per heavy atom. The molecule has 2 aromatic carbocycles. The Bertz CT molecular complexity index is 656. The zero-order chi connectivity index (χ0) is 15.2. The summed E-state index contributed by atoms with van der Waals surface area (Å²) in [6.07, 6.45) is 0. The topological polar surface area (TPSA) is 81.4 Å². The molecule has 5 nitrogen and oxygen atoms in total. The van der Waals surface area contributed by atoms with Gasteiger partial charge in [-0.3, -0.25) is 4.79 Å². The van der Waals surface area contributed by atoms with Crippen molar-refractivity contribution >= 4 is 23.3 Å². The molecule has 1 amide bonds. The molecule has 21 heavy (non-hydrogen) atoms. The predicted molar refractivity (Wildman–Crippen MR) is 76.2 cm³/mol. The molecule has 2 aromatic rings. The number of halogens is 1. The van der Waals surface area contributed by atoms with Crippen molar-refractivity contribution < 1.29 is 18.7 Å². The third kappa shape index (κ3) is 4.31. The lowest BCUT2D eigenvalue weighted by Crippen LogP contribution is -2.21. The van der Waals surface area contributed by atoms with E-state index in [1.165, 1.54) is 36.4 Å². The minimum absolute atomic E-state index is 0.294. The van der Waals surface area contributed by atoms with Crippen LogP contribution in [-0.4, -0.2) is 18.5 Å². The summed E-state index contributed by atoms with van der Waals surface area (Å²) in [6.45, 7) is -0.459. The average Bonchev–Trinajstić information content (AvgIpc) is 2.45. The van der Waals surface area contributed by atoms with E-state index in [-0.39, 0.29) is 0 Å². The molecule has 0 spiro atoms. The van der Waals surface area contributed by atoms with E-state index < -0.39 is 24.3 Å². The molecule has 108 valence electrons. The molecule has 0 saturated carbocycles. The molecule has 0 aliphatic heterocycles. The third-order valence-corrected chi connectivity index (χ3v) is 2.59. The van der Waals surface area contributed by atoms with Crippen LogP contribution in [0.1, 0.15) is 10.4 Å². The van der Waals surface area contributed by atoms with Crippen molar-refractivity contribution in [2.75, 3.05) is 17.7 Å². The molecule has 2 rings (SSSR count). The summed E-state index contributed by atoms with van der Waals surface area (Å²) >= 11 is 0. The van der Waals surface area contributed by atoms with Crippen LogP contribution in [0.25, 0.3) is 0 Å². The van der Waals surface area contributed by atoms with Crippen molar-refractivity contribution in [3.8, 4) is 0 Å². The number of ether oxygens (including phenoxy) is 1. The highest BCUT2D eigenvalue weighted by atomic mass is 19.1. The van der Waals surface area contributed by atoms with Crippen LogP contribution in [0, 0.1) is 5.82 Å². The highest BCUT2D eigenvalue weighted by Gasteiger charge is 2.10. The van der Waals surface area contributed by atoms with Gasteiger partial charge >= 0.3 is 5.97 Å². The minimum atomic E-state index is -0.635. The standard InChI is InChI=1S/C15H13FN2O3/c16-11-2-1-3-13(8-11)18-14(19)9-21-15(20)10-4-6-12(17)7-5-10/h1-8H,9,17H2,(H,18,19). The molecular weight excluding hydrogens is 275 g/mol. The van der Waals surface area contributed by atoms with Gasteiger partial charge in [0.2, 0.25) is 0 Å². The zero-order valence-corrected chi connectivity index (χ0v) is 11.0. The van der Waals surface area contributed by atoms with E-state index in [2.05, 4.69) is 5.32 Å². The number of benzene rings is 2. The summed E-state index contributed by atoms with van der Waals surface area (Å²) in [6, 6.07) is 11.5. The first-order valence-corrected chi connectivity index (χ1v) is 6.12. The highest BCUT2D eigenvalue weighted by Crippen LogP contribution is 2.09. The van der Waals surface area contributed by atoms with Gasteiger partial charge in [-0.15, -0.1) is 0 Å². The Balaban J connectivity index is 1.86. The van der Waals surface area contributed by atoms with E-state index in [0.717, 1.165) is 0 Å². The van der Waals surface area contributed by atoms with Crippen LogP contribution in [0.4, 0.5) is 15.8 Å². The number of carbonyl (C=O) groups excluding carboxylic acids is 2. The molecule has 0 aliphatic carbocycles. The molecule has 0 saturated heterocycles. The van der Waals surface area contributed by atoms with Gasteiger partial charge in [-0.2, -0.15) is 0 Å². The van der Waals surface area contributed by atoms with Crippen LogP contribution in [0.2, 0.25) is 0 Å². The van der Waals surface area contributed by atoms with Gasteiger partial charge in [-0.05, 0) is 42.5 Å². The number of nitrogens with two attached hydrogens (primary N) is 1. The maximum atomic E-state index is 12.9. The maximum absolute atomic E-state index is 12.9. The number of rotatable bonds is 4. The quantitative estimate of drug-likeness (QED) is 0.667. The number of anilines is 2. The minimum Gasteiger partial charge on any atom is -0.452 e. The van der Waals surface area contributed by atoms with Crippen molar-refractivity contribution in [2.24, 2.45) is 0 Å². The van der Waals surface area contributed by atoms with Gasteiger partial charge < -0.3 is 15.8 Å². The average molecular weight is 288 g/mol. The number of carbonyl (C=O) groups is 2. The van der Waals surface area contributed by atoms with E-state index in [9.17, 15) is 14.0 Å². The Hall–Kier alpha value is -2.89. The number of amides is 1. The number of hydrogen-bond acceptors (Lipinski definition) is 4. The van der Waals surface area contributed by atoms with Crippen molar-refractivity contribution in [3.63, 3.8) is 0 Å². The van der Waals surface area contributed by atoms with Crippen molar-refractivity contribution in [2.45, 2.75) is 0 Å². The first-order chi connectivity index (χ1) is 10.0. The maximum Gasteiger partial charge on any atom is 0.338 e. The normalized spacial score (nSPS) is 9.95. The summed E-state index contributed by atoms with van der Waals surface area (Å²) in [5.41, 5.74) is 6.61. The molecular formula is C15H13FN2O3. The van der Waals surface area contributed by atoms with Gasteiger partial charge in [0, 0.05) is 11.4 Å². The predicted octanol–water partition coefficient (Wildman–Crippen LogP) is 2.20. The first-order valence-electron chi connectivity index (χ1n) is 6.12. The monoisotopic (exact) mass is 288 g/mol. The number of nitrogen functional groups attached to an aromatic ring is 1. The third-order valence-electron chi connectivity index (χ3n) is 2.59. The number of hydrogen-bond donors (Lipinski definition) is 2. The number of nitrogens with one attached hydrogen (secondary N) is 1. The van der Waals surface area contributed by atoms with Crippen LogP contribution >= 0.6 is 0 Å². The molecule has 0 fully saturated rings. The van der Waals surface area contributed by atoms with Crippen molar-refractivity contribution in [1.82, 2.24) is 0 Å². The Morgan fingerprint density at radius 3 is 2.52 bits per heavy atom. The largest absolute Gasteiger partial charge is 0.452 e. The molecule has 0 bridgehead atoms. The van der Waals surface area contributed by atoms with E-state index in [4.69, 9.17) is 10.5 Å². The molecule has 6 heteroatoms. The van der Waals surface area contributed by atoms with E-state index in [0.29, 0.717) is 16.9 Å². The molecule has 3 N–H and O–H groups in total. The molecule has 0 atom stereocenters. The fourth-order valence-electron chi connectivity index (χ4n) is 1.60. The van der Waals surface area contributed by atoms with Gasteiger partial charge in [-0.25, -0.2) is 9.18 Å². The summed E-state index contributed by atoms with van der Waals surface area (Å²) in [4.78, 5) is 23.2. The van der Waals surface area contributed by atoms with Gasteiger partial charge in [-0.1, -0.05) is 6.07 Å². The van der Waals surface area contributed by atoms with E-state index in [1.807, 2.05) is 0 Å². The number of esters is 1. The molecule has 0 aromatic heterocycles. The van der Waals surface area contributed by atoms with Crippen LogP contribution in [-0.2, 0) is 9.53 Å². The van der Waals surface area contributed by atoms with Crippen LogP contribution in [0.3, 0.4) is 0 Å². The van der Waals surface area contributed by atoms with Crippen LogP contribution in [0.5, 0.6) is 0 Å². The lowest BCUT2D eigenvalue weighted by atomic mass is 10.2. The second-order valence-corrected chi connectivity index (χ2v) is 4.26. The van der Waals surface area contributed by atoms with E-state index >= 15 is 0 Å².